The van der Waals surface area contributed by atoms with Crippen LogP contribution >= 0.6 is 11.8 Å². The molecule has 0 atom stereocenters. The average Bonchev–Trinajstić information content (AvgIpc) is 2.59. The van der Waals surface area contributed by atoms with Gasteiger partial charge in [-0.2, -0.15) is 12.8 Å². The monoisotopic (exact) mass is 392 g/mol. The van der Waals surface area contributed by atoms with Gasteiger partial charge in [-0.25, -0.2) is 0 Å². The highest BCUT2D eigenvalue weighted by Crippen LogP contribution is 2.33. The number of phenolic OH excluding ortho intramolecular Hbond substituents is 1. The number of nitrogens with zero attached hydrogens (tertiary/aromatic N) is 1. The van der Waals surface area contributed by atoms with Crippen molar-refractivity contribution in [3.8, 4) is 11.5 Å². The van der Waals surface area contributed by atoms with E-state index < -0.39 is 15.9 Å². The first-order valence-electron chi connectivity index (χ1n) is 7.66. The quantitative estimate of drug-likeness (QED) is 0.775. The Morgan fingerprint density at radius 2 is 2.12 bits per heavy atom. The third-order valence-electron chi connectivity index (χ3n) is 3.46. The molecule has 2 aromatic rings. The summed E-state index contributed by atoms with van der Waals surface area (Å²) in [5, 5.41) is 11.9. The average molecular weight is 392 g/mol. The summed E-state index contributed by atoms with van der Waals surface area (Å²) < 4.78 is 34.3. The van der Waals surface area contributed by atoms with Crippen LogP contribution in [-0.4, -0.2) is 38.0 Å². The van der Waals surface area contributed by atoms with Crippen LogP contribution in [-0.2, 0) is 14.8 Å². The van der Waals surface area contributed by atoms with E-state index in [1.165, 1.54) is 25.3 Å². The van der Waals surface area contributed by atoms with Gasteiger partial charge in [0.1, 0.15) is 16.4 Å². The van der Waals surface area contributed by atoms with Crippen molar-refractivity contribution in [1.29, 1.82) is 0 Å². The van der Waals surface area contributed by atoms with Gasteiger partial charge in [-0.05, 0) is 35.9 Å². The van der Waals surface area contributed by atoms with Crippen molar-refractivity contribution in [2.45, 2.75) is 16.7 Å². The van der Waals surface area contributed by atoms with Crippen molar-refractivity contribution < 1.29 is 23.1 Å². The molecular weight excluding hydrogens is 376 g/mol. The molecule has 0 radical (unpaired) electrons. The third-order valence-corrected chi connectivity index (χ3v) is 5.75. The minimum Gasteiger partial charge on any atom is -0.508 e. The van der Waals surface area contributed by atoms with Crippen LogP contribution in [0.1, 0.15) is 12.5 Å². The second-order valence-corrected chi connectivity index (χ2v) is 8.21. The first-order valence-corrected chi connectivity index (χ1v) is 10.1. The zero-order valence-electron chi connectivity index (χ0n) is 13.8. The van der Waals surface area contributed by atoms with Crippen molar-refractivity contribution in [3.63, 3.8) is 0 Å². The van der Waals surface area contributed by atoms with E-state index in [9.17, 15) is 18.3 Å². The van der Waals surface area contributed by atoms with Crippen LogP contribution in [0.25, 0.3) is 0 Å². The summed E-state index contributed by atoms with van der Waals surface area (Å²) in [5.74, 6) is 0.985. The predicted molar refractivity (Wildman–Crippen MR) is 99.9 cm³/mol. The number of anilines is 1. The number of amides is 1. The predicted octanol–water partition coefficient (Wildman–Crippen LogP) is 2.64. The molecule has 7 nitrogen and oxygen atoms in total. The van der Waals surface area contributed by atoms with Crippen molar-refractivity contribution in [1.82, 2.24) is 0 Å². The Morgan fingerprint density at radius 3 is 2.88 bits per heavy atom. The maximum absolute atomic E-state index is 12.5. The third kappa shape index (κ3) is 4.17. The molecule has 1 aliphatic rings. The Morgan fingerprint density at radius 1 is 1.31 bits per heavy atom. The summed E-state index contributed by atoms with van der Waals surface area (Å²) in [4.78, 5) is 12.0. The summed E-state index contributed by atoms with van der Waals surface area (Å²) >= 11 is 1.63. The lowest BCUT2D eigenvalue weighted by Crippen LogP contribution is -2.10. The van der Waals surface area contributed by atoms with Gasteiger partial charge in [-0.3, -0.25) is 4.79 Å². The zero-order valence-corrected chi connectivity index (χ0v) is 15.4. The zero-order chi connectivity index (χ0) is 18.7. The number of sulfonamides is 1. The second kappa shape index (κ2) is 7.38. The second-order valence-electron chi connectivity index (χ2n) is 5.47. The number of benzene rings is 2. The molecule has 1 amide bonds. The van der Waals surface area contributed by atoms with Gasteiger partial charge in [0.2, 0.25) is 5.91 Å². The lowest BCUT2D eigenvalue weighted by molar-refractivity contribution is -0.114. The lowest BCUT2D eigenvalue weighted by atomic mass is 10.2. The minimum atomic E-state index is -4.07. The van der Waals surface area contributed by atoms with Crippen LogP contribution in [0, 0.1) is 0 Å². The molecule has 0 aromatic heterocycles. The fourth-order valence-electron chi connectivity index (χ4n) is 2.36. The molecule has 1 aliphatic heterocycles. The van der Waals surface area contributed by atoms with Crippen LogP contribution < -0.4 is 10.1 Å². The van der Waals surface area contributed by atoms with Crippen molar-refractivity contribution in [3.05, 3.63) is 42.0 Å². The van der Waals surface area contributed by atoms with E-state index >= 15 is 0 Å². The lowest BCUT2D eigenvalue weighted by Gasteiger charge is -2.16. The summed E-state index contributed by atoms with van der Waals surface area (Å²) in [6, 6.07) is 8.89. The van der Waals surface area contributed by atoms with E-state index in [1.54, 1.807) is 23.9 Å². The van der Waals surface area contributed by atoms with Gasteiger partial charge < -0.3 is 15.2 Å². The van der Waals surface area contributed by atoms with Crippen LogP contribution in [0.5, 0.6) is 11.5 Å². The molecule has 2 N–H and O–H groups in total. The molecule has 0 fully saturated rings. The number of thioether (sulfide) groups is 1. The fraction of sp³-hybridized carbons (Fsp3) is 0.176. The van der Waals surface area contributed by atoms with Crippen LogP contribution in [0.4, 0.5) is 5.69 Å². The van der Waals surface area contributed by atoms with Gasteiger partial charge in [-0.15, -0.1) is 11.8 Å². The van der Waals surface area contributed by atoms with E-state index in [0.717, 1.165) is 22.5 Å². The molecule has 0 saturated carbocycles. The SMILES string of the molecule is CC(=O)Nc1cc(O)ccc1S(=O)(=O)N=Cc1ccc2c(c1)SCCO2. The summed E-state index contributed by atoms with van der Waals surface area (Å²) in [5.41, 5.74) is 0.592. The smallest absolute Gasteiger partial charge is 0.284 e. The maximum Gasteiger partial charge on any atom is 0.284 e. The van der Waals surface area contributed by atoms with E-state index in [2.05, 4.69) is 9.71 Å². The van der Waals surface area contributed by atoms with Crippen molar-refractivity contribution in [2.75, 3.05) is 17.7 Å². The molecule has 3 rings (SSSR count). The summed E-state index contributed by atoms with van der Waals surface area (Å²) in [6.45, 7) is 1.89. The highest BCUT2D eigenvalue weighted by molar-refractivity contribution is 7.99. The van der Waals surface area contributed by atoms with Gasteiger partial charge in [0.15, 0.2) is 0 Å². The van der Waals surface area contributed by atoms with Crippen LogP contribution in [0.15, 0.2) is 50.6 Å². The molecule has 2 aromatic carbocycles. The normalized spacial score (nSPS) is 13.9. The summed E-state index contributed by atoms with van der Waals surface area (Å²) in [6.07, 6.45) is 1.25. The Hall–Kier alpha value is -2.52. The number of nitrogens with one attached hydrogen (secondary N) is 1. The molecule has 0 bridgehead atoms. The molecule has 26 heavy (non-hydrogen) atoms. The van der Waals surface area contributed by atoms with Gasteiger partial charge in [0, 0.05) is 25.0 Å². The Balaban J connectivity index is 1.92. The van der Waals surface area contributed by atoms with Gasteiger partial charge in [0.25, 0.3) is 10.0 Å². The van der Waals surface area contributed by atoms with Crippen LogP contribution in [0.2, 0.25) is 0 Å². The topological polar surface area (TPSA) is 105 Å². The number of phenols is 1. The summed E-state index contributed by atoms with van der Waals surface area (Å²) in [7, 11) is -4.07. The number of carbonyl (C=O) groups excluding carboxylic acids is 1. The number of aromatic hydroxyl groups is 1. The van der Waals surface area contributed by atoms with E-state index in [0.29, 0.717) is 12.2 Å². The molecule has 0 spiro atoms. The highest BCUT2D eigenvalue weighted by atomic mass is 32.2. The molecule has 9 heteroatoms. The number of rotatable bonds is 4. The Kier molecular flexibility index (Phi) is 5.19. The number of ether oxygens (including phenoxy) is 1. The number of carbonyl (C=O) groups is 1. The highest BCUT2D eigenvalue weighted by Gasteiger charge is 2.19. The molecule has 0 aliphatic carbocycles. The van der Waals surface area contributed by atoms with Crippen LogP contribution in [0.3, 0.4) is 0 Å². The Bertz CT molecular complexity index is 987. The van der Waals surface area contributed by atoms with Gasteiger partial charge in [-0.1, -0.05) is 0 Å². The molecule has 0 saturated heterocycles. The molecule has 1 heterocycles. The first-order chi connectivity index (χ1) is 12.3. The van der Waals surface area contributed by atoms with E-state index in [4.69, 9.17) is 4.74 Å². The molecular formula is C17H16N2O5S2. The van der Waals surface area contributed by atoms with E-state index in [1.807, 2.05) is 6.07 Å². The van der Waals surface area contributed by atoms with Crippen molar-refractivity contribution in [2.24, 2.45) is 4.40 Å². The number of fused-ring (bicyclic) bond motifs is 1. The number of hydrogen-bond donors (Lipinski definition) is 2. The first kappa shape index (κ1) is 18.3. The van der Waals surface area contributed by atoms with E-state index in [-0.39, 0.29) is 16.3 Å². The van der Waals surface area contributed by atoms with Gasteiger partial charge >= 0.3 is 0 Å². The van der Waals surface area contributed by atoms with Gasteiger partial charge in [0.05, 0.1) is 17.2 Å². The minimum absolute atomic E-state index is 0.0240. The molecule has 136 valence electrons. The van der Waals surface area contributed by atoms with Crippen molar-refractivity contribution >= 4 is 39.6 Å². The maximum atomic E-state index is 12.5. The molecule has 0 unspecified atom stereocenters. The fourth-order valence-corrected chi connectivity index (χ4v) is 4.23. The standard InChI is InChI=1S/C17H16N2O5S2/c1-11(20)19-14-9-13(21)3-5-17(14)26(22,23)18-10-12-2-4-15-16(8-12)25-7-6-24-15/h2-5,8-10,21H,6-7H2,1H3,(H,19,20). The number of hydrogen-bond acceptors (Lipinski definition) is 6. The Labute approximate surface area is 155 Å². The largest absolute Gasteiger partial charge is 0.508 e.